The van der Waals surface area contributed by atoms with E-state index in [-0.39, 0.29) is 6.61 Å². The van der Waals surface area contributed by atoms with Crippen LogP contribution in [0.1, 0.15) is 18.1 Å². The molecule has 0 aliphatic carbocycles. The standard InChI is InChI=1S/C11H10FNO2/c1-3-15-10(14)5-4-9-6-8(2)11(12)13-7-9/h6-7H,3H2,1-2H3. The summed E-state index contributed by atoms with van der Waals surface area (Å²) in [7, 11) is 0. The molecule has 3 nitrogen and oxygen atoms in total. The smallest absolute Gasteiger partial charge is 0.384 e. The van der Waals surface area contributed by atoms with Gasteiger partial charge < -0.3 is 4.74 Å². The zero-order valence-electron chi connectivity index (χ0n) is 8.50. The predicted molar refractivity (Wildman–Crippen MR) is 52.4 cm³/mol. The molecule has 0 spiro atoms. The molecule has 0 N–H and O–H groups in total. The summed E-state index contributed by atoms with van der Waals surface area (Å²) in [4.78, 5) is 14.4. The SMILES string of the molecule is CCOC(=O)C#Cc1cnc(F)c(C)c1. The lowest BCUT2D eigenvalue weighted by atomic mass is 10.2. The van der Waals surface area contributed by atoms with E-state index in [0.717, 1.165) is 0 Å². The number of halogens is 1. The van der Waals surface area contributed by atoms with Gasteiger partial charge in [0.1, 0.15) is 0 Å². The summed E-state index contributed by atoms with van der Waals surface area (Å²) >= 11 is 0. The van der Waals surface area contributed by atoms with E-state index in [1.807, 2.05) is 0 Å². The summed E-state index contributed by atoms with van der Waals surface area (Å²) in [5.74, 6) is 3.69. The Morgan fingerprint density at radius 1 is 1.67 bits per heavy atom. The van der Waals surface area contributed by atoms with Crippen molar-refractivity contribution in [1.82, 2.24) is 4.98 Å². The molecule has 0 amide bonds. The van der Waals surface area contributed by atoms with Crippen LogP contribution in [0.2, 0.25) is 0 Å². The number of aryl methyl sites for hydroxylation is 1. The Hall–Kier alpha value is -1.89. The topological polar surface area (TPSA) is 39.2 Å². The van der Waals surface area contributed by atoms with Gasteiger partial charge in [-0.05, 0) is 19.9 Å². The molecule has 0 aliphatic heterocycles. The summed E-state index contributed by atoms with van der Waals surface area (Å²) in [6.07, 6.45) is 1.27. The molecule has 0 aliphatic rings. The van der Waals surface area contributed by atoms with Crippen molar-refractivity contribution in [3.63, 3.8) is 0 Å². The number of carbonyl (C=O) groups is 1. The maximum atomic E-state index is 12.8. The Bertz CT molecular complexity index is 432. The third kappa shape index (κ3) is 3.39. The number of hydrogen-bond donors (Lipinski definition) is 0. The van der Waals surface area contributed by atoms with Crippen molar-refractivity contribution >= 4 is 5.97 Å². The summed E-state index contributed by atoms with van der Waals surface area (Å²) in [6.45, 7) is 3.56. The van der Waals surface area contributed by atoms with Gasteiger partial charge in [0, 0.05) is 23.2 Å². The zero-order valence-corrected chi connectivity index (χ0v) is 8.50. The van der Waals surface area contributed by atoms with Crippen LogP contribution < -0.4 is 0 Å². The fourth-order valence-electron chi connectivity index (χ4n) is 0.917. The second-order valence-electron chi connectivity index (χ2n) is 2.80. The Kier molecular flexibility index (Phi) is 3.81. The molecule has 0 atom stereocenters. The lowest BCUT2D eigenvalue weighted by Crippen LogP contribution is -1.99. The molecule has 0 radical (unpaired) electrons. The molecule has 4 heteroatoms. The van der Waals surface area contributed by atoms with E-state index >= 15 is 0 Å². The average Bonchev–Trinajstić information content (AvgIpc) is 2.20. The molecule has 0 saturated carbocycles. The molecule has 1 rings (SSSR count). The highest BCUT2D eigenvalue weighted by molar-refractivity contribution is 5.89. The van der Waals surface area contributed by atoms with Gasteiger partial charge in [0.15, 0.2) is 0 Å². The first kappa shape index (κ1) is 11.2. The van der Waals surface area contributed by atoms with Crippen LogP contribution in [0.15, 0.2) is 12.3 Å². The molecular weight excluding hydrogens is 197 g/mol. The molecule has 0 aromatic carbocycles. The molecule has 1 aromatic rings. The second-order valence-corrected chi connectivity index (χ2v) is 2.80. The maximum Gasteiger partial charge on any atom is 0.384 e. The first-order valence-electron chi connectivity index (χ1n) is 4.44. The quantitative estimate of drug-likeness (QED) is 0.397. The van der Waals surface area contributed by atoms with Crippen LogP contribution in [0.5, 0.6) is 0 Å². The summed E-state index contributed by atoms with van der Waals surface area (Å²) in [6, 6.07) is 1.52. The summed E-state index contributed by atoms with van der Waals surface area (Å²) in [5, 5.41) is 0. The number of pyridine rings is 1. The van der Waals surface area contributed by atoms with Crippen LogP contribution in [0.25, 0.3) is 0 Å². The van der Waals surface area contributed by atoms with Crippen LogP contribution in [-0.4, -0.2) is 17.6 Å². The van der Waals surface area contributed by atoms with Crippen molar-refractivity contribution in [2.45, 2.75) is 13.8 Å². The van der Waals surface area contributed by atoms with E-state index in [1.54, 1.807) is 13.8 Å². The Balaban J connectivity index is 2.80. The normalized spacial score (nSPS) is 9.00. The molecule has 1 heterocycles. The van der Waals surface area contributed by atoms with Crippen molar-refractivity contribution in [1.29, 1.82) is 0 Å². The highest BCUT2D eigenvalue weighted by atomic mass is 19.1. The van der Waals surface area contributed by atoms with E-state index < -0.39 is 11.9 Å². The van der Waals surface area contributed by atoms with Crippen LogP contribution in [0, 0.1) is 24.7 Å². The third-order valence-corrected chi connectivity index (χ3v) is 1.60. The van der Waals surface area contributed by atoms with Gasteiger partial charge >= 0.3 is 5.97 Å². The Morgan fingerprint density at radius 2 is 2.40 bits per heavy atom. The van der Waals surface area contributed by atoms with Crippen LogP contribution in [-0.2, 0) is 9.53 Å². The lowest BCUT2D eigenvalue weighted by Gasteiger charge is -1.95. The van der Waals surface area contributed by atoms with Crippen molar-refractivity contribution in [2.75, 3.05) is 6.61 Å². The largest absolute Gasteiger partial charge is 0.456 e. The van der Waals surface area contributed by atoms with Gasteiger partial charge in [0.25, 0.3) is 0 Å². The monoisotopic (exact) mass is 207 g/mol. The van der Waals surface area contributed by atoms with Gasteiger partial charge in [-0.1, -0.05) is 5.92 Å². The van der Waals surface area contributed by atoms with Gasteiger partial charge in [0.05, 0.1) is 6.61 Å². The first-order valence-corrected chi connectivity index (χ1v) is 4.44. The minimum atomic E-state index is -0.598. The van der Waals surface area contributed by atoms with Gasteiger partial charge in [-0.25, -0.2) is 9.78 Å². The van der Waals surface area contributed by atoms with E-state index in [0.29, 0.717) is 11.1 Å². The maximum absolute atomic E-state index is 12.8. The number of hydrogen-bond acceptors (Lipinski definition) is 3. The zero-order chi connectivity index (χ0) is 11.3. The van der Waals surface area contributed by atoms with Crippen molar-refractivity contribution in [2.24, 2.45) is 0 Å². The first-order chi connectivity index (χ1) is 7.13. The summed E-state index contributed by atoms with van der Waals surface area (Å²) < 4.78 is 17.4. The Morgan fingerprint density at radius 3 is 3.00 bits per heavy atom. The van der Waals surface area contributed by atoms with E-state index in [1.165, 1.54) is 12.3 Å². The molecular formula is C11H10FNO2. The number of carbonyl (C=O) groups excluding carboxylic acids is 1. The number of nitrogens with zero attached hydrogens (tertiary/aromatic N) is 1. The molecule has 78 valence electrons. The van der Waals surface area contributed by atoms with Crippen molar-refractivity contribution < 1.29 is 13.9 Å². The summed E-state index contributed by atoms with van der Waals surface area (Å²) in [5.41, 5.74) is 0.882. The van der Waals surface area contributed by atoms with Gasteiger partial charge in [-0.3, -0.25) is 0 Å². The minimum Gasteiger partial charge on any atom is -0.456 e. The molecule has 0 saturated heterocycles. The number of rotatable bonds is 1. The van der Waals surface area contributed by atoms with Crippen LogP contribution in [0.3, 0.4) is 0 Å². The fourth-order valence-corrected chi connectivity index (χ4v) is 0.917. The van der Waals surface area contributed by atoms with Crippen molar-refractivity contribution in [3.8, 4) is 11.8 Å². The van der Waals surface area contributed by atoms with E-state index in [4.69, 9.17) is 0 Å². The van der Waals surface area contributed by atoms with Crippen LogP contribution >= 0.6 is 0 Å². The highest BCUT2D eigenvalue weighted by Gasteiger charge is 1.98. The van der Waals surface area contributed by atoms with E-state index in [2.05, 4.69) is 21.6 Å². The number of ether oxygens (including phenoxy) is 1. The van der Waals surface area contributed by atoms with Gasteiger partial charge in [-0.15, -0.1) is 0 Å². The number of esters is 1. The fraction of sp³-hybridized carbons (Fsp3) is 0.273. The molecule has 0 fully saturated rings. The van der Waals surface area contributed by atoms with Crippen molar-refractivity contribution in [3.05, 3.63) is 29.3 Å². The predicted octanol–water partition coefficient (Wildman–Crippen LogP) is 1.44. The second kappa shape index (κ2) is 5.11. The molecule has 1 aromatic heterocycles. The number of aromatic nitrogens is 1. The lowest BCUT2D eigenvalue weighted by molar-refractivity contribution is -0.136. The molecule has 0 unspecified atom stereocenters. The van der Waals surface area contributed by atoms with E-state index in [9.17, 15) is 9.18 Å². The Labute approximate surface area is 87.3 Å². The third-order valence-electron chi connectivity index (χ3n) is 1.60. The van der Waals surface area contributed by atoms with Crippen LogP contribution in [0.4, 0.5) is 4.39 Å². The minimum absolute atomic E-state index is 0.286. The molecule has 15 heavy (non-hydrogen) atoms. The average molecular weight is 207 g/mol. The van der Waals surface area contributed by atoms with Gasteiger partial charge in [-0.2, -0.15) is 4.39 Å². The van der Waals surface area contributed by atoms with Gasteiger partial charge in [0.2, 0.25) is 5.95 Å². The highest BCUT2D eigenvalue weighted by Crippen LogP contribution is 2.04. The molecule has 0 bridgehead atoms.